The zero-order chi connectivity index (χ0) is 18.2. The van der Waals surface area contributed by atoms with E-state index in [-0.39, 0.29) is 12.5 Å². The van der Waals surface area contributed by atoms with E-state index in [1.54, 1.807) is 11.4 Å². The van der Waals surface area contributed by atoms with Crippen molar-refractivity contribution in [3.63, 3.8) is 0 Å². The molecular weight excluding hydrogens is 338 g/mol. The van der Waals surface area contributed by atoms with Gasteiger partial charge in [0.15, 0.2) is 0 Å². The Bertz CT molecular complexity index is 740. The molecule has 6 nitrogen and oxygen atoms in total. The quantitative estimate of drug-likeness (QED) is 0.880. The fourth-order valence-corrected chi connectivity index (χ4v) is 6.05. The Morgan fingerprint density at radius 2 is 1.72 bits per heavy atom. The molecule has 2 heterocycles. The topological polar surface area (TPSA) is 69.7 Å². The maximum absolute atomic E-state index is 13.3. The number of hydrogen-bond donors (Lipinski definition) is 1. The molecule has 1 fully saturated rings. The van der Waals surface area contributed by atoms with Crippen LogP contribution in [0.2, 0.25) is 0 Å². The minimum Gasteiger partial charge on any atom is -0.358 e. The maximum atomic E-state index is 13.3. The van der Waals surface area contributed by atoms with Gasteiger partial charge >= 0.3 is 0 Å². The van der Waals surface area contributed by atoms with E-state index in [0.29, 0.717) is 31.3 Å². The monoisotopic (exact) mass is 365 g/mol. The number of carbonyl (C=O) groups excluding carboxylic acids is 1. The Kier molecular flexibility index (Phi) is 5.18. The summed E-state index contributed by atoms with van der Waals surface area (Å²) in [6.07, 6.45) is 1.45. The van der Waals surface area contributed by atoms with E-state index in [1.807, 2.05) is 24.3 Å². The lowest BCUT2D eigenvalue weighted by atomic mass is 9.94. The van der Waals surface area contributed by atoms with E-state index in [1.165, 1.54) is 4.31 Å². The molecule has 0 radical (unpaired) electrons. The number of hydrogen-bond acceptors (Lipinski definition) is 3. The molecule has 0 aromatic heterocycles. The number of fused-ring (bicyclic) bond motifs is 1. The van der Waals surface area contributed by atoms with Crippen LogP contribution in [0.3, 0.4) is 0 Å². The summed E-state index contributed by atoms with van der Waals surface area (Å²) >= 11 is 0. The zero-order valence-corrected chi connectivity index (χ0v) is 15.9. The lowest BCUT2D eigenvalue weighted by molar-refractivity contribution is -0.124. The first-order chi connectivity index (χ1) is 11.8. The molecule has 0 aliphatic carbocycles. The van der Waals surface area contributed by atoms with Crippen LogP contribution in [0.5, 0.6) is 0 Å². The third-order valence-corrected chi connectivity index (χ3v) is 7.14. The van der Waals surface area contributed by atoms with Crippen molar-refractivity contribution in [3.8, 4) is 0 Å². The molecule has 0 unspecified atom stereocenters. The largest absolute Gasteiger partial charge is 0.358 e. The van der Waals surface area contributed by atoms with Gasteiger partial charge in [-0.2, -0.15) is 17.0 Å². The molecule has 2 aliphatic rings. The van der Waals surface area contributed by atoms with E-state index in [0.717, 1.165) is 17.5 Å². The van der Waals surface area contributed by atoms with E-state index in [9.17, 15) is 13.2 Å². The summed E-state index contributed by atoms with van der Waals surface area (Å²) < 4.78 is 29.6. The Morgan fingerprint density at radius 3 is 2.32 bits per heavy atom. The van der Waals surface area contributed by atoms with E-state index in [4.69, 9.17) is 0 Å². The zero-order valence-electron chi connectivity index (χ0n) is 15.1. The van der Waals surface area contributed by atoms with E-state index >= 15 is 0 Å². The summed E-state index contributed by atoms with van der Waals surface area (Å²) in [4.78, 5) is 12.4. The van der Waals surface area contributed by atoms with Crippen molar-refractivity contribution in [1.82, 2.24) is 13.9 Å². The molecule has 0 bridgehead atoms. The number of benzene rings is 1. The Hall–Kier alpha value is -1.44. The molecule has 1 N–H and O–H groups in total. The third kappa shape index (κ3) is 3.59. The second-order valence-corrected chi connectivity index (χ2v) is 9.30. The third-order valence-electron chi connectivity index (χ3n) is 5.21. The highest BCUT2D eigenvalue weighted by Crippen LogP contribution is 2.30. The van der Waals surface area contributed by atoms with Crippen molar-refractivity contribution in [2.24, 2.45) is 11.8 Å². The molecule has 2 aliphatic heterocycles. The van der Waals surface area contributed by atoms with Crippen LogP contribution in [0.15, 0.2) is 24.3 Å². The molecule has 0 spiro atoms. The van der Waals surface area contributed by atoms with Crippen molar-refractivity contribution in [2.45, 2.75) is 39.3 Å². The van der Waals surface area contributed by atoms with Gasteiger partial charge in [-0.25, -0.2) is 0 Å². The maximum Gasteiger partial charge on any atom is 0.283 e. The van der Waals surface area contributed by atoms with E-state index < -0.39 is 16.3 Å². The van der Waals surface area contributed by atoms with Gasteiger partial charge < -0.3 is 5.32 Å². The molecule has 1 aromatic rings. The van der Waals surface area contributed by atoms with Crippen LogP contribution >= 0.6 is 0 Å². The first-order valence-electron chi connectivity index (χ1n) is 8.88. The lowest BCUT2D eigenvalue weighted by Gasteiger charge is -2.41. The number of carbonyl (C=O) groups is 1. The summed E-state index contributed by atoms with van der Waals surface area (Å²) in [5, 5.41) is 2.62. The Labute approximate surface area is 150 Å². The fourth-order valence-electron chi connectivity index (χ4n) is 4.07. The van der Waals surface area contributed by atoms with Crippen molar-refractivity contribution in [2.75, 3.05) is 20.1 Å². The van der Waals surface area contributed by atoms with Crippen LogP contribution in [0.4, 0.5) is 0 Å². The van der Waals surface area contributed by atoms with Crippen LogP contribution in [-0.2, 0) is 28.0 Å². The first kappa shape index (κ1) is 18.4. The summed E-state index contributed by atoms with van der Waals surface area (Å²) in [7, 11) is -2.14. The highest BCUT2D eigenvalue weighted by atomic mass is 32.2. The van der Waals surface area contributed by atoms with Crippen molar-refractivity contribution in [3.05, 3.63) is 35.4 Å². The van der Waals surface area contributed by atoms with Gasteiger partial charge in [-0.3, -0.25) is 4.79 Å². The summed E-state index contributed by atoms with van der Waals surface area (Å²) in [5.41, 5.74) is 2.02. The Morgan fingerprint density at radius 1 is 1.12 bits per heavy atom. The van der Waals surface area contributed by atoms with Crippen LogP contribution in [0, 0.1) is 11.8 Å². The molecule has 0 saturated carbocycles. The van der Waals surface area contributed by atoms with Gasteiger partial charge in [0.25, 0.3) is 10.2 Å². The summed E-state index contributed by atoms with van der Waals surface area (Å²) in [6.45, 7) is 5.45. The number of rotatable bonds is 3. The second kappa shape index (κ2) is 7.05. The van der Waals surface area contributed by atoms with Crippen molar-refractivity contribution >= 4 is 16.1 Å². The molecule has 1 amide bonds. The lowest BCUT2D eigenvalue weighted by Crippen LogP contribution is -2.57. The molecule has 7 heteroatoms. The van der Waals surface area contributed by atoms with Gasteiger partial charge in [-0.05, 0) is 35.8 Å². The highest BCUT2D eigenvalue weighted by molar-refractivity contribution is 7.86. The van der Waals surface area contributed by atoms with Gasteiger partial charge in [0.2, 0.25) is 5.91 Å². The van der Waals surface area contributed by atoms with Gasteiger partial charge in [0.05, 0.1) is 0 Å². The molecule has 138 valence electrons. The van der Waals surface area contributed by atoms with Gasteiger partial charge in [0.1, 0.15) is 6.04 Å². The summed E-state index contributed by atoms with van der Waals surface area (Å²) in [6, 6.07) is 7.06. The first-order valence-corrected chi connectivity index (χ1v) is 10.3. The normalized spacial score (nSPS) is 28.4. The van der Waals surface area contributed by atoms with Gasteiger partial charge in [0, 0.05) is 26.7 Å². The highest BCUT2D eigenvalue weighted by Gasteiger charge is 2.42. The van der Waals surface area contributed by atoms with E-state index in [2.05, 4.69) is 19.2 Å². The van der Waals surface area contributed by atoms with Crippen molar-refractivity contribution < 1.29 is 13.2 Å². The predicted octanol–water partition coefficient (Wildman–Crippen LogP) is 1.38. The number of nitrogens with one attached hydrogen (secondary N) is 1. The molecule has 1 aromatic carbocycles. The molecule has 1 saturated heterocycles. The molecule has 25 heavy (non-hydrogen) atoms. The van der Waals surface area contributed by atoms with Crippen LogP contribution < -0.4 is 5.32 Å². The van der Waals surface area contributed by atoms with Crippen LogP contribution in [0.25, 0.3) is 0 Å². The van der Waals surface area contributed by atoms with Gasteiger partial charge in [-0.1, -0.05) is 38.1 Å². The Balaban J connectivity index is 1.95. The SMILES string of the molecule is CNC(=O)[C@@H]1Cc2ccccc2CN1S(=O)(=O)N1C[C@H](C)C[C@H](C)C1. The number of amides is 1. The number of piperidine rings is 1. The average molecular weight is 365 g/mol. The fraction of sp³-hybridized carbons (Fsp3) is 0.611. The smallest absolute Gasteiger partial charge is 0.283 e. The molecular formula is C18H27N3O3S. The number of nitrogens with zero attached hydrogens (tertiary/aromatic N) is 2. The standard InChI is InChI=1S/C18H27N3O3S/c1-13-8-14(2)11-20(10-13)25(23,24)21-12-16-7-5-4-6-15(16)9-17(21)18(22)19-3/h4-7,13-14,17H,8-12H2,1-3H3,(H,19,22)/t13-,14+,17-/m0/s1. The van der Waals surface area contributed by atoms with Crippen molar-refractivity contribution in [1.29, 1.82) is 0 Å². The predicted molar refractivity (Wildman–Crippen MR) is 97.0 cm³/mol. The molecule has 3 atom stereocenters. The minimum atomic E-state index is -3.69. The van der Waals surface area contributed by atoms with Gasteiger partial charge in [-0.15, -0.1) is 0 Å². The number of likely N-dealkylation sites (N-methyl/N-ethyl adjacent to an activating group) is 1. The van der Waals surface area contributed by atoms with Crippen LogP contribution in [-0.4, -0.2) is 49.1 Å². The minimum absolute atomic E-state index is 0.246. The van der Waals surface area contributed by atoms with Crippen LogP contribution in [0.1, 0.15) is 31.4 Å². The average Bonchev–Trinajstić information content (AvgIpc) is 2.59. The molecule has 3 rings (SSSR count). The summed E-state index contributed by atoms with van der Waals surface area (Å²) in [5.74, 6) is 0.402. The second-order valence-electron chi connectivity index (χ2n) is 7.42.